The molecule has 1 N–H and O–H groups in total. The van der Waals surface area contributed by atoms with Gasteiger partial charge in [0.25, 0.3) is 0 Å². The number of carbonyl (C=O) groups is 1. The van der Waals surface area contributed by atoms with Gasteiger partial charge in [0, 0.05) is 0 Å². The highest BCUT2D eigenvalue weighted by atomic mass is 16.4. The van der Waals surface area contributed by atoms with E-state index in [9.17, 15) is 4.79 Å². The fourth-order valence-electron chi connectivity index (χ4n) is 1.22. The zero-order chi connectivity index (χ0) is 9.68. The molecule has 1 unspecified atom stereocenters. The van der Waals surface area contributed by atoms with Gasteiger partial charge in [-0.25, -0.2) is 0 Å². The van der Waals surface area contributed by atoms with Crippen molar-refractivity contribution < 1.29 is 9.90 Å². The molecule has 1 rings (SSSR count). The van der Waals surface area contributed by atoms with E-state index in [1.54, 1.807) is 6.92 Å². The monoisotopic (exact) mass is 178 g/mol. The third kappa shape index (κ3) is 3.28. The second kappa shape index (κ2) is 4.65. The van der Waals surface area contributed by atoms with Crippen LogP contribution >= 0.6 is 0 Å². The molecule has 0 saturated heterocycles. The van der Waals surface area contributed by atoms with E-state index in [0.717, 1.165) is 12.0 Å². The average molecular weight is 178 g/mol. The van der Waals surface area contributed by atoms with E-state index in [1.165, 1.54) is 0 Å². The van der Waals surface area contributed by atoms with Crippen molar-refractivity contribution in [2.45, 2.75) is 19.8 Å². The standard InChI is InChI=1S/C11H14O2/c1-9(11(12)13)8-10-6-4-2-3-5-7-10/h2-4,6-7,9H,5,8H2,1H3,(H,12,13). The first kappa shape index (κ1) is 9.78. The topological polar surface area (TPSA) is 37.3 Å². The fraction of sp³-hybridized carbons (Fsp3) is 0.364. The van der Waals surface area contributed by atoms with Gasteiger partial charge in [0.05, 0.1) is 5.92 Å². The van der Waals surface area contributed by atoms with Crippen LogP contribution in [0.15, 0.2) is 36.0 Å². The Morgan fingerprint density at radius 2 is 2.38 bits per heavy atom. The summed E-state index contributed by atoms with van der Waals surface area (Å²) in [6, 6.07) is 0. The van der Waals surface area contributed by atoms with E-state index in [0.29, 0.717) is 6.42 Å². The Morgan fingerprint density at radius 1 is 1.62 bits per heavy atom. The molecule has 0 aromatic rings. The van der Waals surface area contributed by atoms with Gasteiger partial charge in [0.2, 0.25) is 0 Å². The van der Waals surface area contributed by atoms with Crippen LogP contribution in [0.5, 0.6) is 0 Å². The molecular formula is C11H14O2. The molecule has 1 aliphatic rings. The quantitative estimate of drug-likeness (QED) is 0.721. The SMILES string of the molecule is CC(CC1=CCC=CC=C1)C(=O)O. The Morgan fingerprint density at radius 3 is 3.08 bits per heavy atom. The Hall–Kier alpha value is -1.31. The highest BCUT2D eigenvalue weighted by Crippen LogP contribution is 2.15. The number of hydrogen-bond donors (Lipinski definition) is 1. The third-order valence-electron chi connectivity index (χ3n) is 2.04. The van der Waals surface area contributed by atoms with Crippen molar-refractivity contribution in [3.63, 3.8) is 0 Å². The Bertz CT molecular complexity index is 272. The first-order chi connectivity index (χ1) is 6.20. The molecule has 0 amide bonds. The van der Waals surface area contributed by atoms with Crippen LogP contribution in [0.4, 0.5) is 0 Å². The number of rotatable bonds is 3. The summed E-state index contributed by atoms with van der Waals surface area (Å²) in [5.41, 5.74) is 1.11. The summed E-state index contributed by atoms with van der Waals surface area (Å²) >= 11 is 0. The summed E-state index contributed by atoms with van der Waals surface area (Å²) in [6.07, 6.45) is 11.5. The molecule has 0 aromatic heterocycles. The van der Waals surface area contributed by atoms with E-state index in [2.05, 4.69) is 12.2 Å². The number of allylic oxidation sites excluding steroid dienone is 6. The lowest BCUT2D eigenvalue weighted by molar-refractivity contribution is -0.141. The van der Waals surface area contributed by atoms with Crippen molar-refractivity contribution in [3.05, 3.63) is 36.0 Å². The lowest BCUT2D eigenvalue weighted by Crippen LogP contribution is -2.09. The summed E-state index contributed by atoms with van der Waals surface area (Å²) in [5, 5.41) is 8.72. The predicted octanol–water partition coefficient (Wildman–Crippen LogP) is 2.54. The fourth-order valence-corrected chi connectivity index (χ4v) is 1.22. The van der Waals surface area contributed by atoms with E-state index >= 15 is 0 Å². The Kier molecular flexibility index (Phi) is 3.50. The van der Waals surface area contributed by atoms with Gasteiger partial charge in [-0.1, -0.05) is 42.9 Å². The maximum Gasteiger partial charge on any atom is 0.306 e. The van der Waals surface area contributed by atoms with Gasteiger partial charge < -0.3 is 5.11 Å². The molecule has 2 heteroatoms. The lowest BCUT2D eigenvalue weighted by Gasteiger charge is -2.05. The van der Waals surface area contributed by atoms with Crippen LogP contribution in [-0.4, -0.2) is 11.1 Å². The van der Waals surface area contributed by atoms with Gasteiger partial charge in [-0.15, -0.1) is 0 Å². The molecule has 2 nitrogen and oxygen atoms in total. The molecular weight excluding hydrogens is 164 g/mol. The average Bonchev–Trinajstić information content (AvgIpc) is 2.32. The van der Waals surface area contributed by atoms with Crippen molar-refractivity contribution in [2.75, 3.05) is 0 Å². The van der Waals surface area contributed by atoms with Crippen molar-refractivity contribution in [2.24, 2.45) is 5.92 Å². The summed E-state index contributed by atoms with van der Waals surface area (Å²) in [7, 11) is 0. The minimum Gasteiger partial charge on any atom is -0.481 e. The molecule has 70 valence electrons. The van der Waals surface area contributed by atoms with Crippen LogP contribution in [0.25, 0.3) is 0 Å². The maximum absolute atomic E-state index is 10.6. The minimum atomic E-state index is -0.730. The third-order valence-corrected chi connectivity index (χ3v) is 2.04. The second-order valence-electron chi connectivity index (χ2n) is 3.25. The zero-order valence-electron chi connectivity index (χ0n) is 7.73. The van der Waals surface area contributed by atoms with E-state index < -0.39 is 5.97 Å². The van der Waals surface area contributed by atoms with E-state index in [4.69, 9.17) is 5.11 Å². The molecule has 0 bridgehead atoms. The minimum absolute atomic E-state index is 0.297. The van der Waals surface area contributed by atoms with Gasteiger partial charge >= 0.3 is 5.97 Å². The van der Waals surface area contributed by atoms with Crippen LogP contribution in [0.3, 0.4) is 0 Å². The van der Waals surface area contributed by atoms with Gasteiger partial charge in [-0.05, 0) is 12.8 Å². The summed E-state index contributed by atoms with van der Waals surface area (Å²) in [5.74, 6) is -1.03. The first-order valence-electron chi connectivity index (χ1n) is 4.45. The highest BCUT2D eigenvalue weighted by molar-refractivity contribution is 5.70. The zero-order valence-corrected chi connectivity index (χ0v) is 7.73. The Labute approximate surface area is 78.3 Å². The van der Waals surface area contributed by atoms with Crippen LogP contribution in [0.2, 0.25) is 0 Å². The molecule has 1 atom stereocenters. The molecule has 0 saturated carbocycles. The van der Waals surface area contributed by atoms with Crippen LogP contribution in [0.1, 0.15) is 19.8 Å². The van der Waals surface area contributed by atoms with Gasteiger partial charge in [-0.3, -0.25) is 4.79 Å². The second-order valence-corrected chi connectivity index (χ2v) is 3.25. The molecule has 13 heavy (non-hydrogen) atoms. The summed E-state index contributed by atoms with van der Waals surface area (Å²) in [4.78, 5) is 10.6. The molecule has 0 radical (unpaired) electrons. The van der Waals surface area contributed by atoms with E-state index in [-0.39, 0.29) is 5.92 Å². The lowest BCUT2D eigenvalue weighted by atomic mass is 10.0. The first-order valence-corrected chi connectivity index (χ1v) is 4.45. The number of carboxylic acids is 1. The maximum atomic E-state index is 10.6. The summed E-state index contributed by atoms with van der Waals surface area (Å²) < 4.78 is 0. The molecule has 0 spiro atoms. The number of carboxylic acid groups (broad SMARTS) is 1. The van der Waals surface area contributed by atoms with Crippen molar-refractivity contribution in [1.29, 1.82) is 0 Å². The van der Waals surface area contributed by atoms with Crippen molar-refractivity contribution in [3.8, 4) is 0 Å². The van der Waals surface area contributed by atoms with Gasteiger partial charge in [0.1, 0.15) is 0 Å². The van der Waals surface area contributed by atoms with Crippen LogP contribution in [0, 0.1) is 5.92 Å². The molecule has 0 aliphatic heterocycles. The molecule has 0 fully saturated rings. The summed E-state index contributed by atoms with van der Waals surface area (Å²) in [6.45, 7) is 1.73. The van der Waals surface area contributed by atoms with Gasteiger partial charge in [-0.2, -0.15) is 0 Å². The number of aliphatic carboxylic acids is 1. The normalized spacial score (nSPS) is 17.8. The van der Waals surface area contributed by atoms with Crippen LogP contribution < -0.4 is 0 Å². The Balaban J connectivity index is 2.54. The van der Waals surface area contributed by atoms with Crippen molar-refractivity contribution in [1.82, 2.24) is 0 Å². The molecule has 0 aromatic carbocycles. The largest absolute Gasteiger partial charge is 0.481 e. The molecule has 0 heterocycles. The highest BCUT2D eigenvalue weighted by Gasteiger charge is 2.11. The van der Waals surface area contributed by atoms with E-state index in [1.807, 2.05) is 18.2 Å². The molecule has 1 aliphatic carbocycles. The smallest absolute Gasteiger partial charge is 0.306 e. The van der Waals surface area contributed by atoms with Crippen molar-refractivity contribution >= 4 is 5.97 Å². The predicted molar refractivity (Wildman–Crippen MR) is 52.4 cm³/mol. The van der Waals surface area contributed by atoms with Crippen LogP contribution in [-0.2, 0) is 4.79 Å². The van der Waals surface area contributed by atoms with Gasteiger partial charge in [0.15, 0.2) is 0 Å². The number of hydrogen-bond acceptors (Lipinski definition) is 1.